The molecule has 5 nitrogen and oxygen atoms in total. The summed E-state index contributed by atoms with van der Waals surface area (Å²) in [4.78, 5) is 23.0. The van der Waals surface area contributed by atoms with Crippen molar-refractivity contribution in [2.24, 2.45) is 5.92 Å². The molecule has 0 fully saturated rings. The quantitative estimate of drug-likeness (QED) is 0.747. The Kier molecular flexibility index (Phi) is 6.14. The number of carbonyl (C=O) groups is 2. The molecule has 0 saturated heterocycles. The largest absolute Gasteiger partial charge is 0.481 e. The van der Waals surface area contributed by atoms with E-state index < -0.39 is 11.9 Å². The van der Waals surface area contributed by atoms with E-state index in [1.165, 1.54) is 0 Å². The second-order valence-corrected chi connectivity index (χ2v) is 5.68. The maximum Gasteiger partial charge on any atom is 0.315 e. The van der Waals surface area contributed by atoms with E-state index in [1.807, 2.05) is 11.4 Å². The predicted molar refractivity (Wildman–Crippen MR) is 73.7 cm³/mol. The molecule has 1 aromatic heterocycles. The third-order valence-corrected chi connectivity index (χ3v) is 4.31. The van der Waals surface area contributed by atoms with Crippen LogP contribution in [0.4, 0.5) is 4.79 Å². The summed E-state index contributed by atoms with van der Waals surface area (Å²) in [6.07, 6.45) is 0.422. The van der Waals surface area contributed by atoms with Gasteiger partial charge in [-0.2, -0.15) is 0 Å². The third-order valence-electron chi connectivity index (χ3n) is 2.39. The second kappa shape index (κ2) is 7.38. The van der Waals surface area contributed by atoms with E-state index in [0.29, 0.717) is 19.5 Å². The van der Waals surface area contributed by atoms with Gasteiger partial charge in [-0.3, -0.25) is 4.79 Å². The van der Waals surface area contributed by atoms with Crippen molar-refractivity contribution in [3.8, 4) is 0 Å². The molecule has 1 unspecified atom stereocenters. The van der Waals surface area contributed by atoms with Gasteiger partial charge in [-0.1, -0.05) is 6.92 Å². The van der Waals surface area contributed by atoms with Gasteiger partial charge in [-0.15, -0.1) is 11.3 Å². The van der Waals surface area contributed by atoms with Crippen LogP contribution in [0.15, 0.2) is 15.9 Å². The Bertz CT molecular complexity index is 422. The van der Waals surface area contributed by atoms with Crippen LogP contribution in [-0.2, 0) is 11.3 Å². The molecule has 3 N–H and O–H groups in total. The zero-order valence-electron chi connectivity index (χ0n) is 9.90. The molecule has 1 rings (SSSR count). The lowest BCUT2D eigenvalue weighted by Crippen LogP contribution is -2.36. The highest BCUT2D eigenvalue weighted by Crippen LogP contribution is 2.21. The highest BCUT2D eigenvalue weighted by Gasteiger charge is 2.10. The van der Waals surface area contributed by atoms with Gasteiger partial charge in [0, 0.05) is 15.9 Å². The van der Waals surface area contributed by atoms with Crippen LogP contribution in [0.5, 0.6) is 0 Å². The average molecular weight is 335 g/mol. The van der Waals surface area contributed by atoms with Gasteiger partial charge in [0.05, 0.1) is 12.5 Å². The number of hydrogen-bond donors (Lipinski definition) is 3. The Labute approximate surface area is 118 Å². The van der Waals surface area contributed by atoms with Gasteiger partial charge in [0.1, 0.15) is 0 Å². The number of thiophene rings is 1. The molecule has 1 heterocycles. The maximum absolute atomic E-state index is 11.4. The zero-order chi connectivity index (χ0) is 13.5. The molecule has 0 spiro atoms. The minimum atomic E-state index is -0.847. The summed E-state index contributed by atoms with van der Waals surface area (Å²) in [6.45, 7) is 2.42. The van der Waals surface area contributed by atoms with Gasteiger partial charge in [0.15, 0.2) is 0 Å². The molecule has 0 aromatic carbocycles. The van der Waals surface area contributed by atoms with Crippen LogP contribution in [0.3, 0.4) is 0 Å². The molecule has 100 valence electrons. The number of hydrogen-bond acceptors (Lipinski definition) is 3. The fourth-order valence-corrected chi connectivity index (χ4v) is 2.63. The Balaban J connectivity index is 2.19. The van der Waals surface area contributed by atoms with Crippen LogP contribution in [-0.4, -0.2) is 23.7 Å². The van der Waals surface area contributed by atoms with Gasteiger partial charge in [-0.05, 0) is 33.8 Å². The molecule has 0 aliphatic carbocycles. The number of carboxylic acid groups (broad SMARTS) is 1. The van der Waals surface area contributed by atoms with E-state index in [-0.39, 0.29) is 6.03 Å². The fourth-order valence-electron chi connectivity index (χ4n) is 1.20. The van der Waals surface area contributed by atoms with Crippen molar-refractivity contribution in [2.75, 3.05) is 6.54 Å². The predicted octanol–water partition coefficient (Wildman–Crippen LogP) is 2.42. The number of amides is 2. The fraction of sp³-hybridized carbons (Fsp3) is 0.455. The summed E-state index contributed by atoms with van der Waals surface area (Å²) in [6, 6.07) is 1.64. The van der Waals surface area contributed by atoms with Crippen LogP contribution in [0.2, 0.25) is 0 Å². The molecule has 2 amide bonds. The van der Waals surface area contributed by atoms with E-state index in [4.69, 9.17) is 5.11 Å². The first kappa shape index (κ1) is 15.0. The second-order valence-electron chi connectivity index (χ2n) is 3.83. The van der Waals surface area contributed by atoms with Crippen molar-refractivity contribution in [1.29, 1.82) is 0 Å². The molecule has 1 aromatic rings. The van der Waals surface area contributed by atoms with Crippen LogP contribution in [0, 0.1) is 5.92 Å². The summed E-state index contributed by atoms with van der Waals surface area (Å²) in [7, 11) is 0. The number of nitrogens with one attached hydrogen (secondary N) is 2. The van der Waals surface area contributed by atoms with E-state index in [2.05, 4.69) is 26.6 Å². The Morgan fingerprint density at radius 3 is 2.78 bits per heavy atom. The third kappa shape index (κ3) is 5.05. The molecule has 0 aliphatic rings. The normalized spacial score (nSPS) is 11.9. The average Bonchev–Trinajstić information content (AvgIpc) is 2.72. The number of halogens is 1. The van der Waals surface area contributed by atoms with Crippen molar-refractivity contribution in [3.63, 3.8) is 0 Å². The number of urea groups is 1. The van der Waals surface area contributed by atoms with Gasteiger partial charge < -0.3 is 15.7 Å². The first-order valence-electron chi connectivity index (χ1n) is 5.47. The monoisotopic (exact) mass is 334 g/mol. The molecule has 0 radical (unpaired) electrons. The van der Waals surface area contributed by atoms with Crippen LogP contribution in [0.25, 0.3) is 0 Å². The molecule has 7 heteroatoms. The van der Waals surface area contributed by atoms with E-state index in [1.54, 1.807) is 18.3 Å². The molecular formula is C11H15BrN2O3S. The molecule has 0 saturated carbocycles. The van der Waals surface area contributed by atoms with Gasteiger partial charge >= 0.3 is 12.0 Å². The van der Waals surface area contributed by atoms with Crippen molar-refractivity contribution >= 4 is 39.3 Å². The first-order valence-corrected chi connectivity index (χ1v) is 7.14. The summed E-state index contributed by atoms with van der Waals surface area (Å²) >= 11 is 4.93. The van der Waals surface area contributed by atoms with Crippen LogP contribution >= 0.6 is 27.3 Å². The van der Waals surface area contributed by atoms with Crippen molar-refractivity contribution in [2.45, 2.75) is 19.9 Å². The SMILES string of the molecule is CC(CCNC(=O)NCc1sccc1Br)C(=O)O. The molecular weight excluding hydrogens is 320 g/mol. The van der Waals surface area contributed by atoms with Crippen molar-refractivity contribution < 1.29 is 14.7 Å². The lowest BCUT2D eigenvalue weighted by molar-refractivity contribution is -0.141. The lowest BCUT2D eigenvalue weighted by atomic mass is 10.1. The topological polar surface area (TPSA) is 78.4 Å². The minimum Gasteiger partial charge on any atom is -0.481 e. The van der Waals surface area contributed by atoms with Crippen LogP contribution < -0.4 is 10.6 Å². The lowest BCUT2D eigenvalue weighted by Gasteiger charge is -2.09. The van der Waals surface area contributed by atoms with E-state index in [9.17, 15) is 9.59 Å². The Morgan fingerprint density at radius 1 is 1.50 bits per heavy atom. The Morgan fingerprint density at radius 2 is 2.22 bits per heavy atom. The Hall–Kier alpha value is -1.08. The van der Waals surface area contributed by atoms with Gasteiger partial charge in [0.25, 0.3) is 0 Å². The highest BCUT2D eigenvalue weighted by molar-refractivity contribution is 9.10. The first-order chi connectivity index (χ1) is 8.50. The summed E-state index contributed by atoms with van der Waals surface area (Å²) < 4.78 is 0.979. The number of carbonyl (C=O) groups excluding carboxylic acids is 1. The number of aliphatic carboxylic acids is 1. The molecule has 18 heavy (non-hydrogen) atoms. The van der Waals surface area contributed by atoms with Gasteiger partial charge in [0.2, 0.25) is 0 Å². The molecule has 1 atom stereocenters. The summed E-state index contributed by atoms with van der Waals surface area (Å²) in [5.41, 5.74) is 0. The maximum atomic E-state index is 11.4. The molecule has 0 bridgehead atoms. The van der Waals surface area contributed by atoms with Crippen molar-refractivity contribution in [3.05, 3.63) is 20.8 Å². The highest BCUT2D eigenvalue weighted by atomic mass is 79.9. The minimum absolute atomic E-state index is 0.284. The smallest absolute Gasteiger partial charge is 0.315 e. The zero-order valence-corrected chi connectivity index (χ0v) is 12.3. The summed E-state index contributed by atoms with van der Waals surface area (Å²) in [5, 5.41) is 16.0. The number of rotatable bonds is 6. The van der Waals surface area contributed by atoms with Crippen molar-refractivity contribution in [1.82, 2.24) is 10.6 Å². The standard InChI is InChI=1S/C11H15BrN2O3S/c1-7(10(15)16)2-4-13-11(17)14-6-9-8(12)3-5-18-9/h3,5,7H,2,4,6H2,1H3,(H,15,16)(H2,13,14,17). The van der Waals surface area contributed by atoms with E-state index in [0.717, 1.165) is 9.35 Å². The van der Waals surface area contributed by atoms with Crippen LogP contribution in [0.1, 0.15) is 18.2 Å². The summed E-state index contributed by atoms with van der Waals surface area (Å²) in [5.74, 6) is -1.29. The molecule has 0 aliphatic heterocycles. The van der Waals surface area contributed by atoms with E-state index >= 15 is 0 Å². The van der Waals surface area contributed by atoms with Gasteiger partial charge in [-0.25, -0.2) is 4.79 Å². The number of carboxylic acids is 1.